The second kappa shape index (κ2) is 11.8. The lowest BCUT2D eigenvalue weighted by molar-refractivity contribution is -0.148. The van der Waals surface area contributed by atoms with E-state index in [9.17, 15) is 19.5 Å². The van der Waals surface area contributed by atoms with E-state index in [4.69, 9.17) is 34.8 Å². The molecule has 0 radical (unpaired) electrons. The number of hydrogen-bond acceptors (Lipinski definition) is 10. The van der Waals surface area contributed by atoms with Gasteiger partial charge in [-0.1, -0.05) is 48.0 Å². The lowest BCUT2D eigenvalue weighted by atomic mass is 10.0. The molecule has 2 heterocycles. The number of hydrazine groups is 1. The number of nitrogens with one attached hydrogen (secondary N) is 1. The first-order chi connectivity index (χ1) is 18.2. The highest BCUT2D eigenvalue weighted by Gasteiger charge is 2.23. The van der Waals surface area contributed by atoms with Crippen molar-refractivity contribution < 1.29 is 37.9 Å². The van der Waals surface area contributed by atoms with Crippen molar-refractivity contribution in [2.75, 3.05) is 6.54 Å². The quantitative estimate of drug-likeness (QED) is 0.238. The molecule has 0 aliphatic carbocycles. The van der Waals surface area contributed by atoms with Crippen LogP contribution in [-0.2, 0) is 17.9 Å². The van der Waals surface area contributed by atoms with Gasteiger partial charge in [0.1, 0.15) is 0 Å². The van der Waals surface area contributed by atoms with Crippen molar-refractivity contribution in [1.82, 2.24) is 15.6 Å². The third-order valence-corrected chi connectivity index (χ3v) is 5.56. The summed E-state index contributed by atoms with van der Waals surface area (Å²) in [5, 5.41) is 24.5. The van der Waals surface area contributed by atoms with Gasteiger partial charge in [-0.05, 0) is 40.9 Å². The lowest BCUT2D eigenvalue weighted by Crippen LogP contribution is -2.47. The molecule has 13 heteroatoms. The molecule has 0 saturated heterocycles. The van der Waals surface area contributed by atoms with Gasteiger partial charge in [0.2, 0.25) is 5.76 Å². The Labute approximate surface area is 219 Å². The van der Waals surface area contributed by atoms with Gasteiger partial charge in [-0.2, -0.15) is 0 Å². The SMILES string of the molecule is Cc1oc(=O)oc1COc1cc(C(=O)NN(Cc2ccc(-c3cccc(Cl)c3)cc2)CC(O)C(=O)O)on1. The Bertz CT molecular complexity index is 1480. The summed E-state index contributed by atoms with van der Waals surface area (Å²) in [7, 11) is 0. The first-order valence-electron chi connectivity index (χ1n) is 11.2. The van der Waals surface area contributed by atoms with Crippen LogP contribution in [0.5, 0.6) is 5.88 Å². The highest BCUT2D eigenvalue weighted by Crippen LogP contribution is 2.23. The molecule has 0 fully saturated rings. The number of carboxylic acids is 1. The van der Waals surface area contributed by atoms with E-state index in [0.29, 0.717) is 5.02 Å². The topological polar surface area (TPSA) is 168 Å². The van der Waals surface area contributed by atoms with Crippen molar-refractivity contribution in [2.45, 2.75) is 26.2 Å². The molecule has 1 atom stereocenters. The minimum absolute atomic E-state index is 0.0628. The van der Waals surface area contributed by atoms with E-state index in [1.54, 1.807) is 18.2 Å². The molecule has 12 nitrogen and oxygen atoms in total. The number of benzene rings is 2. The molecule has 0 saturated carbocycles. The highest BCUT2D eigenvalue weighted by molar-refractivity contribution is 6.30. The van der Waals surface area contributed by atoms with Crippen LogP contribution in [0, 0.1) is 6.92 Å². The third kappa shape index (κ3) is 6.88. The average Bonchev–Trinajstić information content (AvgIpc) is 3.48. The Kier molecular flexibility index (Phi) is 8.26. The Hall–Kier alpha value is -4.39. The molecular formula is C25H22ClN3O9. The van der Waals surface area contributed by atoms with Crippen LogP contribution in [0.3, 0.4) is 0 Å². The predicted molar refractivity (Wildman–Crippen MR) is 131 cm³/mol. The molecule has 1 amide bonds. The van der Waals surface area contributed by atoms with Crippen molar-refractivity contribution >= 4 is 23.5 Å². The number of aliphatic hydroxyl groups excluding tert-OH is 1. The van der Waals surface area contributed by atoms with E-state index in [-0.39, 0.29) is 36.3 Å². The highest BCUT2D eigenvalue weighted by atomic mass is 35.5. The number of carbonyl (C=O) groups is 2. The number of aliphatic hydroxyl groups is 1. The maximum absolute atomic E-state index is 12.8. The van der Waals surface area contributed by atoms with Gasteiger partial charge in [-0.15, -0.1) is 0 Å². The van der Waals surface area contributed by atoms with Gasteiger partial charge in [-0.3, -0.25) is 10.2 Å². The first-order valence-corrected chi connectivity index (χ1v) is 11.6. The largest absolute Gasteiger partial charge is 0.519 e. The number of nitrogens with zero attached hydrogens (tertiary/aromatic N) is 2. The standard InChI is InChI=1S/C25H22ClN3O9/c1-14-21(37-25(34)36-14)13-35-22-10-20(38-28-22)23(31)27-29(12-19(30)24(32)33)11-15-5-7-16(8-6-15)17-3-2-4-18(26)9-17/h2-10,19,30H,11-13H2,1H3,(H,27,31)(H,32,33). The maximum atomic E-state index is 12.8. The Balaban J connectivity index is 1.42. The van der Waals surface area contributed by atoms with E-state index >= 15 is 0 Å². The molecular weight excluding hydrogens is 522 g/mol. The van der Waals surface area contributed by atoms with Gasteiger partial charge in [0.25, 0.3) is 5.88 Å². The normalized spacial score (nSPS) is 11.9. The van der Waals surface area contributed by atoms with E-state index in [1.807, 2.05) is 30.3 Å². The zero-order valence-electron chi connectivity index (χ0n) is 19.9. The molecule has 0 aliphatic rings. The van der Waals surface area contributed by atoms with Crippen LogP contribution in [0.2, 0.25) is 5.02 Å². The average molecular weight is 544 g/mol. The van der Waals surface area contributed by atoms with Gasteiger partial charge in [-0.25, -0.2) is 14.6 Å². The minimum atomic E-state index is -1.76. The number of amides is 1. The summed E-state index contributed by atoms with van der Waals surface area (Å²) < 4.78 is 19.9. The summed E-state index contributed by atoms with van der Waals surface area (Å²) in [5.74, 6) is -2.99. The Morgan fingerprint density at radius 3 is 2.55 bits per heavy atom. The smallest absolute Gasteiger partial charge is 0.479 e. The fraction of sp³-hybridized carbons (Fsp3) is 0.200. The van der Waals surface area contributed by atoms with Gasteiger partial charge >= 0.3 is 17.7 Å². The molecule has 2 aromatic carbocycles. The third-order valence-electron chi connectivity index (χ3n) is 5.32. The fourth-order valence-electron chi connectivity index (χ4n) is 3.41. The van der Waals surface area contributed by atoms with Crippen molar-refractivity contribution in [3.8, 4) is 17.0 Å². The predicted octanol–water partition coefficient (Wildman–Crippen LogP) is 3.02. The molecule has 38 heavy (non-hydrogen) atoms. The molecule has 0 spiro atoms. The number of carbonyl (C=O) groups excluding carboxylic acids is 1. The van der Waals surface area contributed by atoms with E-state index in [2.05, 4.69) is 10.6 Å². The van der Waals surface area contributed by atoms with Crippen molar-refractivity contribution in [1.29, 1.82) is 0 Å². The van der Waals surface area contributed by atoms with Crippen molar-refractivity contribution in [3.63, 3.8) is 0 Å². The molecule has 0 aliphatic heterocycles. The molecule has 1 unspecified atom stereocenters. The number of aromatic nitrogens is 1. The van der Waals surface area contributed by atoms with Gasteiger partial charge in [0, 0.05) is 11.6 Å². The van der Waals surface area contributed by atoms with Crippen LogP contribution in [0.25, 0.3) is 11.1 Å². The number of halogens is 1. The first kappa shape index (κ1) is 26.7. The van der Waals surface area contributed by atoms with Gasteiger partial charge in [0.15, 0.2) is 24.2 Å². The van der Waals surface area contributed by atoms with Gasteiger partial charge in [0.05, 0.1) is 12.6 Å². The summed E-state index contributed by atoms with van der Waals surface area (Å²) in [5.41, 5.74) is 5.07. The van der Waals surface area contributed by atoms with Crippen LogP contribution in [-0.4, -0.2) is 44.9 Å². The molecule has 4 aromatic rings. The van der Waals surface area contributed by atoms with Crippen LogP contribution in [0.4, 0.5) is 0 Å². The minimum Gasteiger partial charge on any atom is -0.479 e. The summed E-state index contributed by atoms with van der Waals surface area (Å²) in [6.07, 6.45) is -1.76. The van der Waals surface area contributed by atoms with E-state index in [1.165, 1.54) is 18.0 Å². The van der Waals surface area contributed by atoms with Crippen LogP contribution in [0.15, 0.2) is 72.7 Å². The molecule has 198 valence electrons. The summed E-state index contributed by atoms with van der Waals surface area (Å²) in [6, 6.07) is 15.9. The van der Waals surface area contributed by atoms with Crippen molar-refractivity contribution in [3.05, 3.63) is 93.1 Å². The fourth-order valence-corrected chi connectivity index (χ4v) is 3.60. The second-order valence-electron chi connectivity index (χ2n) is 8.13. The zero-order valence-corrected chi connectivity index (χ0v) is 20.7. The summed E-state index contributed by atoms with van der Waals surface area (Å²) in [6.45, 7) is 0.999. The Morgan fingerprint density at radius 2 is 1.89 bits per heavy atom. The molecule has 0 bridgehead atoms. The monoisotopic (exact) mass is 543 g/mol. The maximum Gasteiger partial charge on any atom is 0.519 e. The van der Waals surface area contributed by atoms with E-state index in [0.717, 1.165) is 16.7 Å². The second-order valence-corrected chi connectivity index (χ2v) is 8.57. The zero-order chi connectivity index (χ0) is 27.2. The van der Waals surface area contributed by atoms with E-state index < -0.39 is 30.3 Å². The number of aliphatic carboxylic acids is 1. The molecule has 3 N–H and O–H groups in total. The Morgan fingerprint density at radius 1 is 1.13 bits per heavy atom. The molecule has 4 rings (SSSR count). The summed E-state index contributed by atoms with van der Waals surface area (Å²) >= 11 is 6.06. The summed E-state index contributed by atoms with van der Waals surface area (Å²) in [4.78, 5) is 35.1. The lowest BCUT2D eigenvalue weighted by Gasteiger charge is -2.24. The molecule has 2 aromatic heterocycles. The van der Waals surface area contributed by atoms with Crippen LogP contribution in [0.1, 0.15) is 27.6 Å². The van der Waals surface area contributed by atoms with Crippen LogP contribution < -0.4 is 16.0 Å². The number of rotatable bonds is 11. The number of aryl methyl sites for hydroxylation is 1. The number of hydrogen-bond donors (Lipinski definition) is 3. The number of carboxylic acid groups (broad SMARTS) is 1. The van der Waals surface area contributed by atoms with Crippen LogP contribution >= 0.6 is 11.6 Å². The van der Waals surface area contributed by atoms with Gasteiger partial charge < -0.3 is 28.3 Å². The number of ether oxygens (including phenoxy) is 1. The van der Waals surface area contributed by atoms with Crippen molar-refractivity contribution in [2.24, 2.45) is 0 Å².